The first-order valence-electron chi connectivity index (χ1n) is 6.66. The van der Waals surface area contributed by atoms with E-state index in [1.807, 2.05) is 0 Å². The lowest BCUT2D eigenvalue weighted by molar-refractivity contribution is -0.134. The van der Waals surface area contributed by atoms with Crippen molar-refractivity contribution in [2.75, 3.05) is 13.1 Å². The number of hydrogen-bond donors (Lipinski definition) is 2. The zero-order valence-electron chi connectivity index (χ0n) is 12.1. The molecule has 22 heavy (non-hydrogen) atoms. The summed E-state index contributed by atoms with van der Waals surface area (Å²) >= 11 is 0. The summed E-state index contributed by atoms with van der Waals surface area (Å²) in [6.45, 7) is 2.90. The van der Waals surface area contributed by atoms with Gasteiger partial charge in [-0.25, -0.2) is 13.6 Å². The van der Waals surface area contributed by atoms with Crippen LogP contribution in [0.25, 0.3) is 0 Å². The van der Waals surface area contributed by atoms with Crippen molar-refractivity contribution in [1.82, 2.24) is 15.5 Å². The van der Waals surface area contributed by atoms with Crippen molar-refractivity contribution in [3.8, 4) is 0 Å². The molecule has 1 heterocycles. The maximum absolute atomic E-state index is 13.9. The molecule has 0 aliphatic carbocycles. The number of carbonyl (C=O) groups excluding carboxylic acids is 3. The lowest BCUT2D eigenvalue weighted by atomic mass is 9.91. The van der Waals surface area contributed by atoms with E-state index in [1.165, 1.54) is 6.92 Å². The van der Waals surface area contributed by atoms with Gasteiger partial charge in [0.05, 0.1) is 0 Å². The molecule has 2 N–H and O–H groups in total. The molecular weight excluding hydrogens is 296 g/mol. The molecule has 118 valence electrons. The number of halogens is 2. The minimum atomic E-state index is -1.68. The second-order valence-corrected chi connectivity index (χ2v) is 5.02. The van der Waals surface area contributed by atoms with Gasteiger partial charge >= 0.3 is 6.03 Å². The van der Waals surface area contributed by atoms with Crippen LogP contribution in [0.4, 0.5) is 13.6 Å². The fourth-order valence-corrected chi connectivity index (χ4v) is 2.31. The molecule has 0 radical (unpaired) electrons. The molecule has 0 aromatic heterocycles. The number of rotatable bonds is 4. The number of carbonyl (C=O) groups is 3. The summed E-state index contributed by atoms with van der Waals surface area (Å²) in [5.41, 5.74) is -1.84. The van der Waals surface area contributed by atoms with Gasteiger partial charge in [-0.15, -0.1) is 0 Å². The van der Waals surface area contributed by atoms with Gasteiger partial charge < -0.3 is 10.6 Å². The van der Waals surface area contributed by atoms with Crippen molar-refractivity contribution in [3.63, 3.8) is 0 Å². The van der Waals surface area contributed by atoms with Crippen LogP contribution in [-0.2, 0) is 15.1 Å². The maximum atomic E-state index is 13.9. The van der Waals surface area contributed by atoms with Gasteiger partial charge in [0.15, 0.2) is 0 Å². The van der Waals surface area contributed by atoms with Gasteiger partial charge in [0, 0.05) is 18.2 Å². The first-order chi connectivity index (χ1) is 10.3. The number of urea groups is 1. The summed E-state index contributed by atoms with van der Waals surface area (Å²) in [4.78, 5) is 36.6. The Labute approximate surface area is 125 Å². The van der Waals surface area contributed by atoms with Crippen molar-refractivity contribution in [2.24, 2.45) is 0 Å². The Hall–Kier alpha value is -2.51. The van der Waals surface area contributed by atoms with Crippen LogP contribution in [0.5, 0.6) is 0 Å². The van der Waals surface area contributed by atoms with Gasteiger partial charge in [-0.05, 0) is 19.9 Å². The van der Waals surface area contributed by atoms with Crippen LogP contribution in [0.3, 0.4) is 0 Å². The first-order valence-corrected chi connectivity index (χ1v) is 6.66. The van der Waals surface area contributed by atoms with Crippen LogP contribution in [-0.4, -0.2) is 35.8 Å². The van der Waals surface area contributed by atoms with Gasteiger partial charge in [0.25, 0.3) is 5.91 Å². The Morgan fingerprint density at radius 1 is 1.36 bits per heavy atom. The molecule has 1 aliphatic heterocycles. The molecule has 0 spiro atoms. The summed E-state index contributed by atoms with van der Waals surface area (Å²) in [6, 6.07) is 1.92. The lowest BCUT2D eigenvalue weighted by Gasteiger charge is -2.22. The van der Waals surface area contributed by atoms with Crippen molar-refractivity contribution < 1.29 is 23.2 Å². The molecule has 0 unspecified atom stereocenters. The van der Waals surface area contributed by atoms with E-state index in [2.05, 4.69) is 10.6 Å². The topological polar surface area (TPSA) is 78.5 Å². The minimum absolute atomic E-state index is 0.161. The van der Waals surface area contributed by atoms with E-state index in [1.54, 1.807) is 6.92 Å². The van der Waals surface area contributed by atoms with E-state index >= 15 is 0 Å². The number of amides is 4. The Bertz CT molecular complexity index is 650. The molecule has 0 saturated carbocycles. The quantitative estimate of drug-likeness (QED) is 0.810. The normalized spacial score (nSPS) is 21.0. The average Bonchev–Trinajstić information content (AvgIpc) is 2.63. The number of nitrogens with zero attached hydrogens (tertiary/aromatic N) is 1. The molecule has 1 saturated heterocycles. The highest BCUT2D eigenvalue weighted by atomic mass is 19.1. The molecule has 0 bridgehead atoms. The van der Waals surface area contributed by atoms with E-state index in [4.69, 9.17) is 0 Å². The van der Waals surface area contributed by atoms with E-state index < -0.39 is 41.6 Å². The fourth-order valence-electron chi connectivity index (χ4n) is 2.31. The van der Waals surface area contributed by atoms with Crippen molar-refractivity contribution in [2.45, 2.75) is 19.4 Å². The summed E-state index contributed by atoms with van der Waals surface area (Å²) in [6.07, 6.45) is 0. The van der Waals surface area contributed by atoms with Gasteiger partial charge in [0.1, 0.15) is 23.7 Å². The van der Waals surface area contributed by atoms with E-state index in [0.29, 0.717) is 17.5 Å². The van der Waals surface area contributed by atoms with E-state index in [9.17, 15) is 23.2 Å². The summed E-state index contributed by atoms with van der Waals surface area (Å²) < 4.78 is 26.9. The molecule has 4 amide bonds. The molecule has 1 aromatic rings. The molecule has 6 nitrogen and oxygen atoms in total. The summed E-state index contributed by atoms with van der Waals surface area (Å²) in [5, 5.41) is 4.81. The monoisotopic (exact) mass is 311 g/mol. The van der Waals surface area contributed by atoms with Crippen LogP contribution in [0.2, 0.25) is 0 Å². The van der Waals surface area contributed by atoms with Crippen LogP contribution in [0.15, 0.2) is 18.2 Å². The largest absolute Gasteiger partial charge is 0.355 e. The number of imide groups is 1. The SMILES string of the molecule is CCNC(=O)CN1C(=O)N[C@](C)(c2ccc(F)cc2F)C1=O. The highest BCUT2D eigenvalue weighted by molar-refractivity contribution is 6.09. The van der Waals surface area contributed by atoms with Crippen molar-refractivity contribution >= 4 is 17.8 Å². The molecule has 1 aliphatic rings. The van der Waals surface area contributed by atoms with Gasteiger partial charge in [0.2, 0.25) is 5.91 Å². The number of likely N-dealkylation sites (N-methyl/N-ethyl adjacent to an activating group) is 1. The zero-order valence-corrected chi connectivity index (χ0v) is 12.1. The third-order valence-corrected chi connectivity index (χ3v) is 3.42. The lowest BCUT2D eigenvalue weighted by Crippen LogP contribution is -2.43. The highest BCUT2D eigenvalue weighted by Crippen LogP contribution is 2.30. The third-order valence-electron chi connectivity index (χ3n) is 3.42. The predicted octanol–water partition coefficient (Wildman–Crippen LogP) is 0.868. The van der Waals surface area contributed by atoms with Crippen molar-refractivity contribution in [3.05, 3.63) is 35.4 Å². The van der Waals surface area contributed by atoms with Crippen LogP contribution in [0.1, 0.15) is 19.4 Å². The number of nitrogens with one attached hydrogen (secondary N) is 2. The number of benzene rings is 1. The Morgan fingerprint density at radius 2 is 2.05 bits per heavy atom. The van der Waals surface area contributed by atoms with E-state index in [0.717, 1.165) is 12.1 Å². The molecule has 2 rings (SSSR count). The van der Waals surface area contributed by atoms with Gasteiger partial charge in [-0.1, -0.05) is 6.07 Å². The molecule has 1 atom stereocenters. The Morgan fingerprint density at radius 3 is 2.64 bits per heavy atom. The maximum Gasteiger partial charge on any atom is 0.325 e. The second-order valence-electron chi connectivity index (χ2n) is 5.02. The Kier molecular flexibility index (Phi) is 4.11. The first kappa shape index (κ1) is 15.9. The summed E-state index contributed by atoms with van der Waals surface area (Å²) in [5.74, 6) is -3.01. The van der Waals surface area contributed by atoms with Crippen LogP contribution >= 0.6 is 0 Å². The van der Waals surface area contributed by atoms with Gasteiger partial charge in [-0.2, -0.15) is 0 Å². The predicted molar refractivity (Wildman–Crippen MR) is 72.6 cm³/mol. The van der Waals surface area contributed by atoms with E-state index in [-0.39, 0.29) is 5.56 Å². The Balaban J connectivity index is 2.31. The third kappa shape index (κ3) is 2.63. The number of hydrogen-bond acceptors (Lipinski definition) is 3. The average molecular weight is 311 g/mol. The van der Waals surface area contributed by atoms with Crippen molar-refractivity contribution in [1.29, 1.82) is 0 Å². The molecule has 1 aromatic carbocycles. The fraction of sp³-hybridized carbons (Fsp3) is 0.357. The molecule has 1 fully saturated rings. The minimum Gasteiger partial charge on any atom is -0.355 e. The van der Waals surface area contributed by atoms with Crippen LogP contribution in [0, 0.1) is 11.6 Å². The smallest absolute Gasteiger partial charge is 0.325 e. The summed E-state index contributed by atoms with van der Waals surface area (Å²) in [7, 11) is 0. The molecular formula is C14H15F2N3O3. The zero-order chi connectivity index (χ0) is 16.5. The highest BCUT2D eigenvalue weighted by Gasteiger charge is 2.50. The standard InChI is InChI=1S/C14H15F2N3O3/c1-3-17-11(20)7-19-12(21)14(2,18-13(19)22)9-5-4-8(15)6-10(9)16/h4-6H,3,7H2,1-2H3,(H,17,20)(H,18,22)/t14-/m1/s1. The van der Waals surface area contributed by atoms with Crippen LogP contribution < -0.4 is 10.6 Å². The molecule has 8 heteroatoms. The second kappa shape index (κ2) is 5.70. The van der Waals surface area contributed by atoms with Gasteiger partial charge in [-0.3, -0.25) is 14.5 Å².